The van der Waals surface area contributed by atoms with Crippen molar-refractivity contribution < 1.29 is 8.42 Å². The average Bonchev–Trinajstić information content (AvgIpc) is 2.50. The first kappa shape index (κ1) is 19.6. The molecule has 0 bridgehead atoms. The Labute approximate surface area is 139 Å². The second-order valence-corrected chi connectivity index (χ2v) is 9.10. The van der Waals surface area contributed by atoms with Crippen LogP contribution in [0.25, 0.3) is 0 Å². The molecule has 0 amide bonds. The van der Waals surface area contributed by atoms with Crippen LogP contribution in [0.1, 0.15) is 26.7 Å². The highest BCUT2D eigenvalue weighted by Crippen LogP contribution is 2.12. The first-order chi connectivity index (χ1) is 10.5. The summed E-state index contributed by atoms with van der Waals surface area (Å²) >= 11 is 1.81. The van der Waals surface area contributed by atoms with Crippen molar-refractivity contribution in [3.8, 4) is 0 Å². The van der Waals surface area contributed by atoms with Gasteiger partial charge in [-0.25, -0.2) is 12.7 Å². The highest BCUT2D eigenvalue weighted by Gasteiger charge is 2.23. The lowest BCUT2D eigenvalue weighted by Gasteiger charge is -2.25. The molecule has 1 aliphatic rings. The number of guanidine groups is 1. The number of hydrogen-bond acceptors (Lipinski definition) is 4. The van der Waals surface area contributed by atoms with E-state index in [2.05, 4.69) is 29.5 Å². The highest BCUT2D eigenvalue weighted by molar-refractivity contribution is 7.99. The van der Waals surface area contributed by atoms with Gasteiger partial charge in [-0.2, -0.15) is 11.8 Å². The van der Waals surface area contributed by atoms with E-state index in [0.717, 1.165) is 24.5 Å². The molecule has 0 saturated carbocycles. The molecule has 2 N–H and O–H groups in total. The minimum absolute atomic E-state index is 0.115. The molecule has 0 atom stereocenters. The summed E-state index contributed by atoms with van der Waals surface area (Å²) in [5.74, 6) is 3.28. The third-order valence-electron chi connectivity index (χ3n) is 3.49. The minimum atomic E-state index is -3.15. The van der Waals surface area contributed by atoms with Gasteiger partial charge in [0.05, 0.1) is 5.75 Å². The zero-order valence-electron chi connectivity index (χ0n) is 14.0. The summed E-state index contributed by atoms with van der Waals surface area (Å²) in [6, 6.07) is 0. The topological polar surface area (TPSA) is 73.8 Å². The Balaban J connectivity index is 2.25. The van der Waals surface area contributed by atoms with E-state index in [1.165, 1.54) is 6.42 Å². The van der Waals surface area contributed by atoms with E-state index in [-0.39, 0.29) is 5.75 Å². The van der Waals surface area contributed by atoms with Crippen LogP contribution in [-0.2, 0) is 10.0 Å². The number of rotatable bonds is 8. The summed E-state index contributed by atoms with van der Waals surface area (Å²) in [6.45, 7) is 6.92. The molecule has 0 aliphatic carbocycles. The molecule has 0 spiro atoms. The largest absolute Gasteiger partial charge is 0.356 e. The van der Waals surface area contributed by atoms with Crippen LogP contribution in [0.4, 0.5) is 0 Å². The lowest BCUT2D eigenvalue weighted by Crippen LogP contribution is -2.44. The van der Waals surface area contributed by atoms with Crippen molar-refractivity contribution in [3.63, 3.8) is 0 Å². The first-order valence-corrected chi connectivity index (χ1v) is 10.7. The molecular weight excluding hydrogens is 320 g/mol. The van der Waals surface area contributed by atoms with Crippen molar-refractivity contribution >= 4 is 27.7 Å². The third-order valence-corrected chi connectivity index (χ3v) is 6.30. The number of aliphatic imine (C=N–C) groups is 1. The van der Waals surface area contributed by atoms with E-state index in [1.807, 2.05) is 11.8 Å². The second-order valence-electron chi connectivity index (χ2n) is 5.79. The Morgan fingerprint density at radius 2 is 1.86 bits per heavy atom. The van der Waals surface area contributed by atoms with E-state index >= 15 is 0 Å². The molecule has 1 fully saturated rings. The fourth-order valence-electron chi connectivity index (χ4n) is 2.19. The Morgan fingerprint density at radius 3 is 2.45 bits per heavy atom. The monoisotopic (exact) mass is 350 g/mol. The van der Waals surface area contributed by atoms with Gasteiger partial charge in [0, 0.05) is 44.7 Å². The fourth-order valence-corrected chi connectivity index (χ4v) is 4.68. The Morgan fingerprint density at radius 1 is 1.23 bits per heavy atom. The molecule has 0 aromatic rings. The number of nitrogens with zero attached hydrogens (tertiary/aromatic N) is 2. The molecule has 0 radical (unpaired) electrons. The quantitative estimate of drug-likeness (QED) is 0.388. The number of sulfonamides is 1. The van der Waals surface area contributed by atoms with E-state index < -0.39 is 10.0 Å². The molecule has 0 aromatic carbocycles. The SMILES string of the molecule is CN=C(NCCCC(C)C)NCCS(=O)(=O)N1CCSCC1. The van der Waals surface area contributed by atoms with Gasteiger partial charge in [-0.15, -0.1) is 0 Å². The van der Waals surface area contributed by atoms with Crippen molar-refractivity contribution in [2.75, 3.05) is 50.5 Å². The summed E-state index contributed by atoms with van der Waals surface area (Å²) in [5, 5.41) is 6.30. The predicted molar refractivity (Wildman–Crippen MR) is 96.1 cm³/mol. The maximum Gasteiger partial charge on any atom is 0.215 e. The van der Waals surface area contributed by atoms with Crippen LogP contribution in [0.3, 0.4) is 0 Å². The van der Waals surface area contributed by atoms with Crippen LogP contribution in [-0.4, -0.2) is 69.2 Å². The second kappa shape index (κ2) is 10.3. The lowest BCUT2D eigenvalue weighted by molar-refractivity contribution is 0.443. The van der Waals surface area contributed by atoms with Crippen molar-refractivity contribution in [1.29, 1.82) is 0 Å². The van der Waals surface area contributed by atoms with Gasteiger partial charge in [0.15, 0.2) is 5.96 Å². The van der Waals surface area contributed by atoms with Crippen molar-refractivity contribution in [2.45, 2.75) is 26.7 Å². The Hall–Kier alpha value is -0.470. The third kappa shape index (κ3) is 7.69. The smallest absolute Gasteiger partial charge is 0.215 e. The van der Waals surface area contributed by atoms with Gasteiger partial charge in [-0.05, 0) is 18.8 Å². The van der Waals surface area contributed by atoms with Gasteiger partial charge in [-0.1, -0.05) is 13.8 Å². The van der Waals surface area contributed by atoms with Crippen LogP contribution in [0.5, 0.6) is 0 Å². The van der Waals surface area contributed by atoms with Gasteiger partial charge in [0.1, 0.15) is 0 Å². The summed E-state index contributed by atoms with van der Waals surface area (Å²) in [5.41, 5.74) is 0. The molecule has 1 aliphatic heterocycles. The van der Waals surface area contributed by atoms with Crippen molar-refractivity contribution in [1.82, 2.24) is 14.9 Å². The van der Waals surface area contributed by atoms with Crippen LogP contribution in [0.15, 0.2) is 4.99 Å². The van der Waals surface area contributed by atoms with Gasteiger partial charge in [-0.3, -0.25) is 4.99 Å². The molecule has 1 rings (SSSR count). The Kier molecular flexibility index (Phi) is 9.19. The molecule has 22 heavy (non-hydrogen) atoms. The molecule has 6 nitrogen and oxygen atoms in total. The summed E-state index contributed by atoms with van der Waals surface area (Å²) < 4.78 is 26.0. The van der Waals surface area contributed by atoms with E-state index in [4.69, 9.17) is 0 Å². The maximum atomic E-state index is 12.2. The van der Waals surface area contributed by atoms with E-state index in [1.54, 1.807) is 11.4 Å². The van der Waals surface area contributed by atoms with Crippen molar-refractivity contribution in [3.05, 3.63) is 0 Å². The van der Waals surface area contributed by atoms with E-state index in [9.17, 15) is 8.42 Å². The summed E-state index contributed by atoms with van der Waals surface area (Å²) in [4.78, 5) is 4.12. The van der Waals surface area contributed by atoms with Gasteiger partial charge >= 0.3 is 0 Å². The molecule has 1 saturated heterocycles. The Bertz CT molecular complexity index is 432. The number of nitrogens with one attached hydrogen (secondary N) is 2. The molecule has 130 valence electrons. The first-order valence-electron chi connectivity index (χ1n) is 7.96. The molecule has 0 aromatic heterocycles. The van der Waals surface area contributed by atoms with Gasteiger partial charge in [0.2, 0.25) is 10.0 Å². The number of thioether (sulfide) groups is 1. The average molecular weight is 351 g/mol. The zero-order valence-corrected chi connectivity index (χ0v) is 15.6. The predicted octanol–water partition coefficient (Wildman–Crippen LogP) is 0.966. The standard InChI is InChI=1S/C14H30N4O2S2/c1-13(2)5-4-6-16-14(15-3)17-7-12-22(19,20)18-8-10-21-11-9-18/h13H,4-12H2,1-3H3,(H2,15,16,17). The minimum Gasteiger partial charge on any atom is -0.356 e. The summed E-state index contributed by atoms with van der Waals surface area (Å²) in [7, 11) is -1.45. The lowest BCUT2D eigenvalue weighted by atomic mass is 10.1. The van der Waals surface area contributed by atoms with Crippen LogP contribution in [0, 0.1) is 5.92 Å². The van der Waals surface area contributed by atoms with Crippen LogP contribution >= 0.6 is 11.8 Å². The molecule has 0 unspecified atom stereocenters. The highest BCUT2D eigenvalue weighted by atomic mass is 32.2. The fraction of sp³-hybridized carbons (Fsp3) is 0.929. The molecule has 8 heteroatoms. The zero-order chi connectivity index (χ0) is 16.4. The molecular formula is C14H30N4O2S2. The summed E-state index contributed by atoms with van der Waals surface area (Å²) in [6.07, 6.45) is 2.26. The van der Waals surface area contributed by atoms with Gasteiger partial charge < -0.3 is 10.6 Å². The van der Waals surface area contributed by atoms with Crippen molar-refractivity contribution in [2.24, 2.45) is 10.9 Å². The normalized spacial score (nSPS) is 17.7. The van der Waals surface area contributed by atoms with Crippen LogP contribution in [0.2, 0.25) is 0 Å². The van der Waals surface area contributed by atoms with Crippen LogP contribution < -0.4 is 10.6 Å². The maximum absolute atomic E-state index is 12.2. The van der Waals surface area contributed by atoms with E-state index in [0.29, 0.717) is 31.5 Å². The van der Waals surface area contributed by atoms with Gasteiger partial charge in [0.25, 0.3) is 0 Å². The molecule has 1 heterocycles. The number of hydrogen-bond donors (Lipinski definition) is 2.